The first-order chi connectivity index (χ1) is 9.74. The van der Waals surface area contributed by atoms with E-state index < -0.39 is 0 Å². The predicted molar refractivity (Wildman–Crippen MR) is 84.6 cm³/mol. The third-order valence-electron chi connectivity index (χ3n) is 3.24. The van der Waals surface area contributed by atoms with Crippen LogP contribution < -0.4 is 4.74 Å². The molecule has 20 heavy (non-hydrogen) atoms. The Labute approximate surface area is 124 Å². The maximum atomic E-state index is 12.3. The number of hydrogen-bond acceptors (Lipinski definition) is 3. The molecule has 0 aliphatic rings. The second kappa shape index (κ2) is 7.15. The van der Waals surface area contributed by atoms with Gasteiger partial charge in [0.15, 0.2) is 5.78 Å². The summed E-state index contributed by atoms with van der Waals surface area (Å²) in [6, 6.07) is 17.4. The number of carbonyl (C=O) groups is 1. The Balaban J connectivity index is 2.10. The van der Waals surface area contributed by atoms with Gasteiger partial charge in [0.1, 0.15) is 5.75 Å². The van der Waals surface area contributed by atoms with E-state index in [1.54, 1.807) is 18.9 Å². The Morgan fingerprint density at radius 3 is 2.30 bits per heavy atom. The zero-order valence-corrected chi connectivity index (χ0v) is 12.5. The Kier molecular flexibility index (Phi) is 5.24. The van der Waals surface area contributed by atoms with Crippen molar-refractivity contribution < 1.29 is 9.53 Å². The van der Waals surface area contributed by atoms with E-state index in [1.165, 1.54) is 0 Å². The molecule has 0 aliphatic heterocycles. The molecule has 2 aromatic rings. The van der Waals surface area contributed by atoms with Crippen LogP contribution in [0.25, 0.3) is 0 Å². The molecule has 1 unspecified atom stereocenters. The minimum atomic E-state index is 0.175. The average Bonchev–Trinajstić information content (AvgIpc) is 2.53. The van der Waals surface area contributed by atoms with Crippen LogP contribution >= 0.6 is 11.8 Å². The normalized spacial score (nSPS) is 11.9. The molecule has 0 radical (unpaired) electrons. The lowest BCUT2D eigenvalue weighted by Gasteiger charge is -2.14. The van der Waals surface area contributed by atoms with E-state index >= 15 is 0 Å². The first-order valence-electron chi connectivity index (χ1n) is 6.49. The lowest BCUT2D eigenvalue weighted by Crippen LogP contribution is -2.05. The highest BCUT2D eigenvalue weighted by molar-refractivity contribution is 7.98. The molecular weight excluding hydrogens is 268 g/mol. The fraction of sp³-hybridized carbons (Fsp3) is 0.235. The molecule has 3 heteroatoms. The van der Waals surface area contributed by atoms with Crippen LogP contribution in [0.5, 0.6) is 5.75 Å². The van der Waals surface area contributed by atoms with Gasteiger partial charge in [-0.15, -0.1) is 0 Å². The summed E-state index contributed by atoms with van der Waals surface area (Å²) in [7, 11) is 1.65. The van der Waals surface area contributed by atoms with E-state index in [0.29, 0.717) is 6.42 Å². The molecule has 0 saturated carbocycles. The number of hydrogen-bond donors (Lipinski definition) is 0. The monoisotopic (exact) mass is 286 g/mol. The van der Waals surface area contributed by atoms with Crippen LogP contribution in [0.2, 0.25) is 0 Å². The zero-order valence-electron chi connectivity index (χ0n) is 11.7. The van der Waals surface area contributed by atoms with E-state index in [4.69, 9.17) is 4.74 Å². The first kappa shape index (κ1) is 14.7. The van der Waals surface area contributed by atoms with Gasteiger partial charge in [-0.25, -0.2) is 0 Å². The van der Waals surface area contributed by atoms with Gasteiger partial charge in [0, 0.05) is 17.2 Å². The van der Waals surface area contributed by atoms with Crippen LogP contribution in [0.3, 0.4) is 0 Å². The number of carbonyl (C=O) groups excluding carboxylic acids is 1. The maximum absolute atomic E-state index is 12.3. The van der Waals surface area contributed by atoms with Crippen molar-refractivity contribution in [2.75, 3.05) is 13.4 Å². The van der Waals surface area contributed by atoms with Crippen molar-refractivity contribution in [2.45, 2.75) is 11.7 Å². The smallest absolute Gasteiger partial charge is 0.164 e. The molecule has 0 aliphatic carbocycles. The van der Waals surface area contributed by atoms with Crippen molar-refractivity contribution in [2.24, 2.45) is 0 Å². The minimum Gasteiger partial charge on any atom is -0.497 e. The molecule has 0 amide bonds. The summed E-state index contributed by atoms with van der Waals surface area (Å²) in [5.74, 6) is 1.02. The molecule has 2 aromatic carbocycles. The fourth-order valence-electron chi connectivity index (χ4n) is 2.07. The SMILES string of the molecule is COc1ccc(C(CC(=O)c2ccccc2)SC)cc1. The number of methoxy groups -OCH3 is 1. The molecule has 2 nitrogen and oxygen atoms in total. The summed E-state index contributed by atoms with van der Waals surface area (Å²) in [5.41, 5.74) is 1.93. The third-order valence-corrected chi connectivity index (χ3v) is 4.25. The molecule has 1 atom stereocenters. The van der Waals surface area contributed by atoms with Gasteiger partial charge in [-0.05, 0) is 24.0 Å². The summed E-state index contributed by atoms with van der Waals surface area (Å²) < 4.78 is 5.16. The lowest BCUT2D eigenvalue weighted by atomic mass is 10.0. The zero-order chi connectivity index (χ0) is 14.4. The average molecular weight is 286 g/mol. The quantitative estimate of drug-likeness (QED) is 0.737. The molecule has 2 rings (SSSR count). The molecular formula is C17H18O2S. The van der Waals surface area contributed by atoms with Crippen molar-refractivity contribution in [1.82, 2.24) is 0 Å². The van der Waals surface area contributed by atoms with Gasteiger partial charge in [-0.1, -0.05) is 42.5 Å². The molecule has 0 bridgehead atoms. The van der Waals surface area contributed by atoms with E-state index in [0.717, 1.165) is 16.9 Å². The molecule has 0 saturated heterocycles. The summed E-state index contributed by atoms with van der Waals surface area (Å²) >= 11 is 1.70. The molecule has 0 fully saturated rings. The fourth-order valence-corrected chi connectivity index (χ4v) is 2.81. The Bertz CT molecular complexity index is 549. The van der Waals surface area contributed by atoms with E-state index in [2.05, 4.69) is 0 Å². The van der Waals surface area contributed by atoms with Gasteiger partial charge in [0.2, 0.25) is 0 Å². The molecule has 0 aromatic heterocycles. The Morgan fingerprint density at radius 1 is 1.10 bits per heavy atom. The highest BCUT2D eigenvalue weighted by atomic mass is 32.2. The summed E-state index contributed by atoms with van der Waals surface area (Å²) in [6.07, 6.45) is 2.55. The van der Waals surface area contributed by atoms with Gasteiger partial charge < -0.3 is 4.74 Å². The van der Waals surface area contributed by atoms with E-state index in [9.17, 15) is 4.79 Å². The van der Waals surface area contributed by atoms with Gasteiger partial charge >= 0.3 is 0 Å². The molecule has 0 spiro atoms. The number of ether oxygens (including phenoxy) is 1. The van der Waals surface area contributed by atoms with Gasteiger partial charge in [-0.2, -0.15) is 11.8 Å². The summed E-state index contributed by atoms with van der Waals surface area (Å²) in [4.78, 5) is 12.3. The highest BCUT2D eigenvalue weighted by Crippen LogP contribution is 2.32. The van der Waals surface area contributed by atoms with E-state index in [1.807, 2.05) is 60.9 Å². The number of benzene rings is 2. The number of Topliss-reactive ketones (excluding diaryl/α,β-unsaturated/α-hetero) is 1. The topological polar surface area (TPSA) is 26.3 Å². The summed E-state index contributed by atoms with van der Waals surface area (Å²) in [6.45, 7) is 0. The van der Waals surface area contributed by atoms with Crippen LogP contribution in [0.1, 0.15) is 27.6 Å². The molecule has 0 heterocycles. The number of thioether (sulfide) groups is 1. The standard InChI is InChI=1S/C17H18O2S/c1-19-15-10-8-14(9-11-15)17(20-2)12-16(18)13-6-4-3-5-7-13/h3-11,17H,12H2,1-2H3. The summed E-state index contributed by atoms with van der Waals surface area (Å²) in [5, 5.41) is 0.175. The van der Waals surface area contributed by atoms with Gasteiger partial charge in [-0.3, -0.25) is 4.79 Å². The second-order valence-electron chi connectivity index (χ2n) is 4.49. The minimum absolute atomic E-state index is 0.175. The van der Waals surface area contributed by atoms with Crippen LogP contribution in [0, 0.1) is 0 Å². The maximum Gasteiger partial charge on any atom is 0.164 e. The largest absolute Gasteiger partial charge is 0.497 e. The van der Waals surface area contributed by atoms with Crippen molar-refractivity contribution >= 4 is 17.5 Å². The van der Waals surface area contributed by atoms with E-state index in [-0.39, 0.29) is 11.0 Å². The first-order valence-corrected chi connectivity index (χ1v) is 7.78. The number of ketones is 1. The Morgan fingerprint density at radius 2 is 1.75 bits per heavy atom. The van der Waals surface area contributed by atoms with Crippen LogP contribution in [0.15, 0.2) is 54.6 Å². The number of rotatable bonds is 6. The van der Waals surface area contributed by atoms with Crippen molar-refractivity contribution in [3.63, 3.8) is 0 Å². The van der Waals surface area contributed by atoms with Crippen LogP contribution in [-0.4, -0.2) is 19.1 Å². The van der Waals surface area contributed by atoms with Crippen molar-refractivity contribution in [1.29, 1.82) is 0 Å². The lowest BCUT2D eigenvalue weighted by molar-refractivity contribution is 0.0982. The molecule has 104 valence electrons. The Hall–Kier alpha value is -1.74. The van der Waals surface area contributed by atoms with Crippen LogP contribution in [0.4, 0.5) is 0 Å². The van der Waals surface area contributed by atoms with Crippen molar-refractivity contribution in [3.8, 4) is 5.75 Å². The van der Waals surface area contributed by atoms with Crippen molar-refractivity contribution in [3.05, 3.63) is 65.7 Å². The van der Waals surface area contributed by atoms with Gasteiger partial charge in [0.05, 0.1) is 7.11 Å². The van der Waals surface area contributed by atoms with Gasteiger partial charge in [0.25, 0.3) is 0 Å². The second-order valence-corrected chi connectivity index (χ2v) is 5.53. The van der Waals surface area contributed by atoms with Crippen LogP contribution in [-0.2, 0) is 0 Å². The molecule has 0 N–H and O–H groups in total. The third kappa shape index (κ3) is 3.64. The highest BCUT2D eigenvalue weighted by Gasteiger charge is 2.16. The predicted octanol–water partition coefficient (Wildman–Crippen LogP) is 4.37.